The number of hydrogen-bond acceptors (Lipinski definition) is 7. The van der Waals surface area contributed by atoms with Crippen LogP contribution < -0.4 is 10.6 Å². The summed E-state index contributed by atoms with van der Waals surface area (Å²) in [4.78, 5) is 38.2. The third-order valence-corrected chi connectivity index (χ3v) is 7.17. The largest absolute Gasteiger partial charge is 0.369 e. The average molecular weight is 474 g/mol. The van der Waals surface area contributed by atoms with Gasteiger partial charge in [0.1, 0.15) is 11.5 Å². The molecule has 2 aliphatic rings. The number of likely N-dealkylation sites (tertiary alicyclic amines) is 1. The minimum atomic E-state index is -1.67. The Morgan fingerprint density at radius 3 is 2.74 bits per heavy atom. The third-order valence-electron chi connectivity index (χ3n) is 6.19. The molecule has 2 atom stereocenters. The molecule has 172 valence electrons. The topological polar surface area (TPSA) is 113 Å². The number of primary amides is 1. The van der Waals surface area contributed by atoms with E-state index < -0.39 is 17.4 Å². The molecule has 2 aliphatic heterocycles. The van der Waals surface area contributed by atoms with Crippen LogP contribution in [0, 0.1) is 11.8 Å². The molecule has 5 rings (SSSR count). The molecule has 1 aromatic carbocycles. The number of aromatic nitrogens is 2. The Kier molecular flexibility index (Phi) is 5.55. The number of hydrogen-bond donors (Lipinski definition) is 2. The van der Waals surface area contributed by atoms with E-state index >= 15 is 0 Å². The number of thiophene rings is 1. The summed E-state index contributed by atoms with van der Waals surface area (Å²) in [5.41, 5.74) is 5.30. The smallest absolute Gasteiger partial charge is 0.267 e. The van der Waals surface area contributed by atoms with Crippen LogP contribution in [0.15, 0.2) is 47.8 Å². The Bertz CT molecular complexity index is 1330. The zero-order valence-electron chi connectivity index (χ0n) is 18.6. The number of benzene rings is 1. The fourth-order valence-corrected chi connectivity index (χ4v) is 5.03. The van der Waals surface area contributed by atoms with Gasteiger partial charge < -0.3 is 20.6 Å². The van der Waals surface area contributed by atoms with Crippen LogP contribution in [0.25, 0.3) is 11.4 Å². The van der Waals surface area contributed by atoms with Crippen LogP contribution in [-0.4, -0.2) is 57.5 Å². The molecule has 9 heteroatoms. The number of anilines is 1. The maximum absolute atomic E-state index is 12.2. The standard InChI is InChI=1S/C25H23N5O3S/c1-29-12-10-25(33,24(29)32)9-7-16-4-2-5-17(14-16)23-27-18(22(26)31)15-21(28-23)30-11-8-19(30)20-6-3-13-34-20/h2-6,13-15,19,33H,8,10-12H2,1H3,(H2,26,31)/t19?,25-/m0/s1. The van der Waals surface area contributed by atoms with Crippen LogP contribution >= 0.6 is 11.3 Å². The lowest BCUT2D eigenvalue weighted by atomic mass is 10.0. The predicted octanol–water partition coefficient (Wildman–Crippen LogP) is 2.20. The minimum Gasteiger partial charge on any atom is -0.369 e. The van der Waals surface area contributed by atoms with E-state index in [2.05, 4.69) is 27.8 Å². The van der Waals surface area contributed by atoms with Crippen molar-refractivity contribution in [3.63, 3.8) is 0 Å². The monoisotopic (exact) mass is 473 g/mol. The fourth-order valence-electron chi connectivity index (χ4n) is 4.16. The predicted molar refractivity (Wildman–Crippen MR) is 129 cm³/mol. The number of amides is 2. The number of likely N-dealkylation sites (N-methyl/N-ethyl adjacent to an activating group) is 1. The van der Waals surface area contributed by atoms with E-state index in [1.165, 1.54) is 9.78 Å². The lowest BCUT2D eigenvalue weighted by Crippen LogP contribution is -2.41. The van der Waals surface area contributed by atoms with Gasteiger partial charge in [-0.25, -0.2) is 9.97 Å². The van der Waals surface area contributed by atoms with Crippen molar-refractivity contribution in [2.75, 3.05) is 25.0 Å². The Morgan fingerprint density at radius 1 is 1.24 bits per heavy atom. The molecule has 2 aromatic heterocycles. The van der Waals surface area contributed by atoms with Crippen molar-refractivity contribution in [3.05, 3.63) is 64.0 Å². The van der Waals surface area contributed by atoms with E-state index in [4.69, 9.17) is 10.7 Å². The molecule has 0 saturated carbocycles. The van der Waals surface area contributed by atoms with Crippen LogP contribution in [0.3, 0.4) is 0 Å². The second kappa shape index (κ2) is 8.56. The number of carbonyl (C=O) groups is 2. The molecule has 3 aromatic rings. The maximum atomic E-state index is 12.2. The summed E-state index contributed by atoms with van der Waals surface area (Å²) in [6.07, 6.45) is 1.27. The molecule has 8 nitrogen and oxygen atoms in total. The minimum absolute atomic E-state index is 0.141. The summed E-state index contributed by atoms with van der Waals surface area (Å²) in [6.45, 7) is 1.29. The van der Waals surface area contributed by atoms with E-state index in [9.17, 15) is 14.7 Å². The van der Waals surface area contributed by atoms with E-state index in [0.29, 0.717) is 29.3 Å². The van der Waals surface area contributed by atoms with Gasteiger partial charge in [0.25, 0.3) is 11.8 Å². The molecule has 2 amide bonds. The molecule has 34 heavy (non-hydrogen) atoms. The highest BCUT2D eigenvalue weighted by Gasteiger charge is 2.42. The van der Waals surface area contributed by atoms with Gasteiger partial charge in [-0.05, 0) is 30.0 Å². The Morgan fingerprint density at radius 2 is 2.09 bits per heavy atom. The van der Waals surface area contributed by atoms with Gasteiger partial charge in [0.15, 0.2) is 5.82 Å². The van der Waals surface area contributed by atoms with Gasteiger partial charge in [-0.1, -0.05) is 30.0 Å². The van der Waals surface area contributed by atoms with E-state index in [0.717, 1.165) is 13.0 Å². The van der Waals surface area contributed by atoms with E-state index in [-0.39, 0.29) is 18.2 Å². The molecule has 0 spiro atoms. The molecule has 4 heterocycles. The quantitative estimate of drug-likeness (QED) is 0.562. The lowest BCUT2D eigenvalue weighted by Gasteiger charge is -2.41. The highest BCUT2D eigenvalue weighted by atomic mass is 32.1. The first kappa shape index (κ1) is 22.1. The summed E-state index contributed by atoms with van der Waals surface area (Å²) in [5.74, 6) is 5.62. The summed E-state index contributed by atoms with van der Waals surface area (Å²) in [6, 6.07) is 13.1. The van der Waals surface area contributed by atoms with E-state index in [1.54, 1.807) is 42.6 Å². The van der Waals surface area contributed by atoms with Crippen LogP contribution in [0.5, 0.6) is 0 Å². The summed E-state index contributed by atoms with van der Waals surface area (Å²) in [7, 11) is 1.64. The molecule has 2 saturated heterocycles. The van der Waals surface area contributed by atoms with Crippen molar-refractivity contribution >= 4 is 29.0 Å². The number of carbonyl (C=O) groups excluding carboxylic acids is 2. The van der Waals surface area contributed by atoms with Crippen LogP contribution in [0.1, 0.15) is 39.8 Å². The normalized spacial score (nSPS) is 21.7. The molecule has 0 aliphatic carbocycles. The van der Waals surface area contributed by atoms with Gasteiger partial charge in [0.05, 0.1) is 6.04 Å². The van der Waals surface area contributed by atoms with Crippen molar-refractivity contribution < 1.29 is 14.7 Å². The Hall–Kier alpha value is -3.74. The van der Waals surface area contributed by atoms with Crippen molar-refractivity contribution in [2.45, 2.75) is 24.5 Å². The number of nitrogens with zero attached hydrogens (tertiary/aromatic N) is 4. The summed E-state index contributed by atoms with van der Waals surface area (Å²) < 4.78 is 0. The van der Waals surface area contributed by atoms with Gasteiger partial charge in [-0.3, -0.25) is 9.59 Å². The zero-order chi connectivity index (χ0) is 23.9. The first-order valence-corrected chi connectivity index (χ1v) is 11.8. The van der Waals surface area contributed by atoms with Crippen molar-refractivity contribution in [3.8, 4) is 23.2 Å². The van der Waals surface area contributed by atoms with Gasteiger partial charge in [0, 0.05) is 48.6 Å². The number of nitrogens with two attached hydrogens (primary N) is 1. The SMILES string of the molecule is CN1CC[C@@](O)(C#Cc2cccc(-c3nc(C(N)=O)cc(N4CCC4c4cccs4)n3)c2)C1=O. The van der Waals surface area contributed by atoms with Gasteiger partial charge in [-0.2, -0.15) is 0 Å². The molecular weight excluding hydrogens is 450 g/mol. The van der Waals surface area contributed by atoms with E-state index in [1.807, 2.05) is 17.5 Å². The average Bonchev–Trinajstić information content (AvgIpc) is 3.42. The van der Waals surface area contributed by atoms with Gasteiger partial charge in [0.2, 0.25) is 5.60 Å². The highest BCUT2D eigenvalue weighted by molar-refractivity contribution is 7.10. The fraction of sp³-hybridized carbons (Fsp3) is 0.280. The molecule has 1 unspecified atom stereocenters. The molecule has 0 radical (unpaired) electrons. The first-order chi connectivity index (χ1) is 16.3. The molecule has 2 fully saturated rings. The molecule has 0 bridgehead atoms. The summed E-state index contributed by atoms with van der Waals surface area (Å²) in [5, 5.41) is 12.6. The van der Waals surface area contributed by atoms with Crippen LogP contribution in [0.4, 0.5) is 5.82 Å². The summed E-state index contributed by atoms with van der Waals surface area (Å²) >= 11 is 1.69. The van der Waals surface area contributed by atoms with Crippen LogP contribution in [0.2, 0.25) is 0 Å². The van der Waals surface area contributed by atoms with Gasteiger partial charge >= 0.3 is 0 Å². The van der Waals surface area contributed by atoms with Crippen LogP contribution in [-0.2, 0) is 4.79 Å². The number of aliphatic hydroxyl groups is 1. The Labute approximate surface area is 201 Å². The number of rotatable bonds is 4. The third kappa shape index (κ3) is 4.02. The van der Waals surface area contributed by atoms with Crippen molar-refractivity contribution in [1.82, 2.24) is 14.9 Å². The molecule has 3 N–H and O–H groups in total. The Balaban J connectivity index is 1.48. The maximum Gasteiger partial charge on any atom is 0.267 e. The zero-order valence-corrected chi connectivity index (χ0v) is 19.4. The van der Waals surface area contributed by atoms with Crippen molar-refractivity contribution in [2.24, 2.45) is 5.73 Å². The second-order valence-corrected chi connectivity index (χ2v) is 9.46. The highest BCUT2D eigenvalue weighted by Crippen LogP contribution is 2.39. The second-order valence-electron chi connectivity index (χ2n) is 8.48. The first-order valence-electron chi connectivity index (χ1n) is 10.9. The lowest BCUT2D eigenvalue weighted by molar-refractivity contribution is -0.137. The van der Waals surface area contributed by atoms with Crippen molar-refractivity contribution in [1.29, 1.82) is 0 Å². The molecular formula is C25H23N5O3S. The van der Waals surface area contributed by atoms with Gasteiger partial charge in [-0.15, -0.1) is 11.3 Å².